The van der Waals surface area contributed by atoms with Gasteiger partial charge in [0.2, 0.25) is 0 Å². The second kappa shape index (κ2) is 6.33. The van der Waals surface area contributed by atoms with Gasteiger partial charge in [-0.3, -0.25) is 0 Å². The number of hydrogen-bond acceptors (Lipinski definition) is 1. The number of rotatable bonds is 3. The van der Waals surface area contributed by atoms with Crippen LogP contribution < -0.4 is 5.73 Å². The van der Waals surface area contributed by atoms with Gasteiger partial charge in [-0.1, -0.05) is 37.9 Å². The number of nitrogens with two attached hydrogens (primary N) is 1. The highest BCUT2D eigenvalue weighted by atomic mass is 79.9. The minimum absolute atomic E-state index is 0.300. The average molecular weight is 405 g/mol. The fraction of sp³-hybridized carbons (Fsp3) is 0.200. The Kier molecular flexibility index (Phi) is 4.94. The van der Waals surface area contributed by atoms with Crippen molar-refractivity contribution in [1.29, 1.82) is 0 Å². The standard InChI is InChI=1S/C15H13Br2F2N/c1-8-4-12(17)10(7-11(8)16)15(20)6-9-2-3-13(18)14(19)5-9/h2-5,7,15H,6,20H2,1H3. The molecule has 2 N–H and O–H groups in total. The van der Waals surface area contributed by atoms with E-state index in [4.69, 9.17) is 5.73 Å². The Bertz CT molecular complexity index is 644. The number of halogens is 4. The Hall–Kier alpha value is -0.780. The van der Waals surface area contributed by atoms with Crippen LogP contribution in [0.25, 0.3) is 0 Å². The second-order valence-corrected chi connectivity index (χ2v) is 6.39. The zero-order valence-corrected chi connectivity index (χ0v) is 13.9. The molecule has 106 valence electrons. The van der Waals surface area contributed by atoms with E-state index >= 15 is 0 Å². The maximum atomic E-state index is 13.2. The summed E-state index contributed by atoms with van der Waals surface area (Å²) in [5.74, 6) is -1.69. The summed E-state index contributed by atoms with van der Waals surface area (Å²) in [5, 5.41) is 0. The topological polar surface area (TPSA) is 26.0 Å². The van der Waals surface area contributed by atoms with Gasteiger partial charge in [0.15, 0.2) is 11.6 Å². The van der Waals surface area contributed by atoms with E-state index in [0.29, 0.717) is 12.0 Å². The summed E-state index contributed by atoms with van der Waals surface area (Å²) in [6.45, 7) is 1.99. The molecule has 2 aromatic carbocycles. The summed E-state index contributed by atoms with van der Waals surface area (Å²) in [6.07, 6.45) is 0.436. The molecule has 2 aromatic rings. The number of hydrogen-bond donors (Lipinski definition) is 1. The van der Waals surface area contributed by atoms with Gasteiger partial charge in [0, 0.05) is 15.0 Å². The van der Waals surface area contributed by atoms with E-state index in [9.17, 15) is 8.78 Å². The predicted octanol–water partition coefficient (Wildman–Crippen LogP) is 5.04. The van der Waals surface area contributed by atoms with Crippen LogP contribution in [0.2, 0.25) is 0 Å². The first kappa shape index (κ1) is 15.6. The summed E-state index contributed by atoms with van der Waals surface area (Å²) in [5.41, 5.74) is 8.86. The molecule has 1 unspecified atom stereocenters. The molecule has 0 fully saturated rings. The van der Waals surface area contributed by atoms with E-state index in [-0.39, 0.29) is 6.04 Å². The van der Waals surface area contributed by atoms with Gasteiger partial charge < -0.3 is 5.73 Å². The van der Waals surface area contributed by atoms with Crippen LogP contribution >= 0.6 is 31.9 Å². The molecule has 0 amide bonds. The Labute approximate surface area is 133 Å². The van der Waals surface area contributed by atoms with Gasteiger partial charge >= 0.3 is 0 Å². The van der Waals surface area contributed by atoms with Crippen molar-refractivity contribution in [3.8, 4) is 0 Å². The SMILES string of the molecule is Cc1cc(Br)c(C(N)Cc2ccc(F)c(F)c2)cc1Br. The molecular formula is C15H13Br2F2N. The summed E-state index contributed by atoms with van der Waals surface area (Å²) in [7, 11) is 0. The molecule has 1 nitrogen and oxygen atoms in total. The highest BCUT2D eigenvalue weighted by molar-refractivity contribution is 9.11. The Morgan fingerprint density at radius 1 is 1.05 bits per heavy atom. The van der Waals surface area contributed by atoms with Crippen molar-refractivity contribution < 1.29 is 8.78 Å². The molecule has 0 heterocycles. The van der Waals surface area contributed by atoms with E-state index in [0.717, 1.165) is 26.1 Å². The number of aryl methyl sites for hydroxylation is 1. The molecule has 5 heteroatoms. The molecule has 0 aliphatic carbocycles. The van der Waals surface area contributed by atoms with Crippen LogP contribution in [0.4, 0.5) is 8.78 Å². The maximum Gasteiger partial charge on any atom is 0.159 e. The molecule has 0 radical (unpaired) electrons. The van der Waals surface area contributed by atoms with Crippen molar-refractivity contribution in [2.45, 2.75) is 19.4 Å². The third kappa shape index (κ3) is 3.45. The van der Waals surface area contributed by atoms with Crippen LogP contribution in [0.3, 0.4) is 0 Å². The Morgan fingerprint density at radius 2 is 1.75 bits per heavy atom. The third-order valence-corrected chi connectivity index (χ3v) is 4.66. The molecule has 0 saturated heterocycles. The normalized spacial score (nSPS) is 12.5. The van der Waals surface area contributed by atoms with Crippen molar-refractivity contribution in [3.05, 3.63) is 67.6 Å². The van der Waals surface area contributed by atoms with E-state index in [1.54, 1.807) is 6.07 Å². The first-order valence-corrected chi connectivity index (χ1v) is 7.62. The second-order valence-electron chi connectivity index (χ2n) is 4.68. The van der Waals surface area contributed by atoms with Crippen LogP contribution in [0.5, 0.6) is 0 Å². The zero-order chi connectivity index (χ0) is 14.9. The predicted molar refractivity (Wildman–Crippen MR) is 83.6 cm³/mol. The first-order valence-electron chi connectivity index (χ1n) is 6.03. The van der Waals surface area contributed by atoms with Crippen molar-refractivity contribution >= 4 is 31.9 Å². The minimum Gasteiger partial charge on any atom is -0.324 e. The Morgan fingerprint density at radius 3 is 2.40 bits per heavy atom. The van der Waals surface area contributed by atoms with E-state index < -0.39 is 11.6 Å². The summed E-state index contributed by atoms with van der Waals surface area (Å²) < 4.78 is 28.0. The molecular weight excluding hydrogens is 392 g/mol. The lowest BCUT2D eigenvalue weighted by Gasteiger charge is -2.16. The molecule has 0 bridgehead atoms. The zero-order valence-electron chi connectivity index (χ0n) is 10.8. The van der Waals surface area contributed by atoms with Gasteiger partial charge in [-0.15, -0.1) is 0 Å². The lowest BCUT2D eigenvalue weighted by atomic mass is 9.99. The van der Waals surface area contributed by atoms with Crippen LogP contribution in [-0.2, 0) is 6.42 Å². The lowest BCUT2D eigenvalue weighted by molar-refractivity contribution is 0.506. The molecule has 1 atom stereocenters. The van der Waals surface area contributed by atoms with Crippen molar-refractivity contribution in [2.75, 3.05) is 0 Å². The highest BCUT2D eigenvalue weighted by Gasteiger charge is 2.14. The van der Waals surface area contributed by atoms with Crippen molar-refractivity contribution in [3.63, 3.8) is 0 Å². The fourth-order valence-electron chi connectivity index (χ4n) is 1.98. The van der Waals surface area contributed by atoms with Gasteiger partial charge in [0.25, 0.3) is 0 Å². The van der Waals surface area contributed by atoms with E-state index in [1.165, 1.54) is 6.07 Å². The minimum atomic E-state index is -0.848. The van der Waals surface area contributed by atoms with Gasteiger partial charge in [0.05, 0.1) is 0 Å². The molecule has 20 heavy (non-hydrogen) atoms. The van der Waals surface area contributed by atoms with E-state index in [2.05, 4.69) is 31.9 Å². The van der Waals surface area contributed by atoms with Gasteiger partial charge in [0.1, 0.15) is 0 Å². The average Bonchev–Trinajstić information content (AvgIpc) is 2.38. The lowest BCUT2D eigenvalue weighted by Crippen LogP contribution is -2.14. The van der Waals surface area contributed by atoms with Gasteiger partial charge in [-0.2, -0.15) is 0 Å². The third-order valence-electron chi connectivity index (χ3n) is 3.12. The molecule has 0 saturated carbocycles. The van der Waals surface area contributed by atoms with Crippen molar-refractivity contribution in [2.24, 2.45) is 5.73 Å². The maximum absolute atomic E-state index is 13.2. The number of benzene rings is 2. The van der Waals surface area contributed by atoms with Crippen LogP contribution in [-0.4, -0.2) is 0 Å². The van der Waals surface area contributed by atoms with Gasteiger partial charge in [-0.05, 0) is 54.3 Å². The molecule has 0 aliphatic rings. The summed E-state index contributed by atoms with van der Waals surface area (Å²) in [4.78, 5) is 0. The molecule has 0 spiro atoms. The molecule has 0 aromatic heterocycles. The Balaban J connectivity index is 2.25. The van der Waals surface area contributed by atoms with Crippen molar-refractivity contribution in [1.82, 2.24) is 0 Å². The summed E-state index contributed by atoms with van der Waals surface area (Å²) in [6, 6.07) is 7.49. The van der Waals surface area contributed by atoms with Gasteiger partial charge in [-0.25, -0.2) is 8.78 Å². The van der Waals surface area contributed by atoms with Crippen LogP contribution in [0.15, 0.2) is 39.3 Å². The summed E-state index contributed by atoms with van der Waals surface area (Å²) >= 11 is 6.96. The monoisotopic (exact) mass is 403 g/mol. The largest absolute Gasteiger partial charge is 0.324 e. The molecule has 2 rings (SSSR count). The van der Waals surface area contributed by atoms with Crippen LogP contribution in [0, 0.1) is 18.6 Å². The molecule has 0 aliphatic heterocycles. The highest BCUT2D eigenvalue weighted by Crippen LogP contribution is 2.30. The van der Waals surface area contributed by atoms with Crippen LogP contribution in [0.1, 0.15) is 22.7 Å². The fourth-order valence-corrected chi connectivity index (χ4v) is 3.09. The quantitative estimate of drug-likeness (QED) is 0.761. The first-order chi connectivity index (χ1) is 9.38. The van der Waals surface area contributed by atoms with E-state index in [1.807, 2.05) is 19.1 Å². The smallest absolute Gasteiger partial charge is 0.159 e.